The predicted molar refractivity (Wildman–Crippen MR) is 65.4 cm³/mol. The highest BCUT2D eigenvalue weighted by atomic mass is 14.6. The lowest BCUT2D eigenvalue weighted by molar-refractivity contribution is 0.532. The maximum absolute atomic E-state index is 5.95. The molecule has 0 rings (SSSR count). The van der Waals surface area contributed by atoms with Gasteiger partial charge in [-0.2, -0.15) is 0 Å². The van der Waals surface area contributed by atoms with Crippen molar-refractivity contribution in [3.63, 3.8) is 0 Å². The smallest absolute Gasteiger partial charge is 0.00758 e. The normalized spacial score (nSPS) is 12.8. The van der Waals surface area contributed by atoms with E-state index < -0.39 is 0 Å². The first-order chi connectivity index (χ1) is 6.66. The summed E-state index contributed by atoms with van der Waals surface area (Å²) < 4.78 is 0. The topological polar surface area (TPSA) is 26.0 Å². The SMILES string of the molecule is C=C(C)CC(N)CCCCCCCC. The first kappa shape index (κ1) is 13.7. The van der Waals surface area contributed by atoms with Gasteiger partial charge >= 0.3 is 0 Å². The van der Waals surface area contributed by atoms with Crippen LogP contribution in [0.25, 0.3) is 0 Å². The number of unbranched alkanes of at least 4 members (excludes halogenated alkanes) is 5. The molecule has 0 saturated carbocycles. The lowest BCUT2D eigenvalue weighted by Crippen LogP contribution is -2.19. The third-order valence-corrected chi connectivity index (χ3v) is 2.54. The highest BCUT2D eigenvalue weighted by Gasteiger charge is 2.01. The van der Waals surface area contributed by atoms with Crippen molar-refractivity contribution in [2.75, 3.05) is 0 Å². The molecule has 0 bridgehead atoms. The minimum absolute atomic E-state index is 0.346. The van der Waals surface area contributed by atoms with Crippen LogP contribution in [0.4, 0.5) is 0 Å². The van der Waals surface area contributed by atoms with Gasteiger partial charge in [-0.15, -0.1) is 6.58 Å². The van der Waals surface area contributed by atoms with Crippen LogP contribution in [0.5, 0.6) is 0 Å². The highest BCUT2D eigenvalue weighted by Crippen LogP contribution is 2.10. The monoisotopic (exact) mass is 197 g/mol. The Labute approximate surface area is 89.8 Å². The Bertz CT molecular complexity index is 140. The van der Waals surface area contributed by atoms with E-state index in [9.17, 15) is 0 Å². The van der Waals surface area contributed by atoms with E-state index in [1.54, 1.807) is 0 Å². The zero-order valence-electron chi connectivity index (χ0n) is 10.0. The molecule has 1 heteroatoms. The van der Waals surface area contributed by atoms with Gasteiger partial charge in [0.05, 0.1) is 0 Å². The van der Waals surface area contributed by atoms with Gasteiger partial charge < -0.3 is 5.73 Å². The average molecular weight is 197 g/mol. The molecule has 2 N–H and O–H groups in total. The van der Waals surface area contributed by atoms with Crippen LogP contribution in [0, 0.1) is 0 Å². The molecular weight excluding hydrogens is 170 g/mol. The van der Waals surface area contributed by atoms with Crippen LogP contribution < -0.4 is 5.73 Å². The molecule has 0 aliphatic carbocycles. The molecule has 0 aliphatic rings. The molecule has 0 fully saturated rings. The number of nitrogens with two attached hydrogens (primary N) is 1. The Morgan fingerprint density at radius 3 is 2.29 bits per heavy atom. The molecule has 0 radical (unpaired) electrons. The molecule has 0 spiro atoms. The summed E-state index contributed by atoms with van der Waals surface area (Å²) in [4.78, 5) is 0. The minimum Gasteiger partial charge on any atom is -0.327 e. The largest absolute Gasteiger partial charge is 0.327 e. The van der Waals surface area contributed by atoms with Gasteiger partial charge in [0.1, 0.15) is 0 Å². The zero-order valence-corrected chi connectivity index (χ0v) is 10.0. The first-order valence-electron chi connectivity index (χ1n) is 6.06. The Kier molecular flexibility index (Phi) is 9.06. The molecule has 84 valence electrons. The second-order valence-corrected chi connectivity index (χ2v) is 4.48. The summed E-state index contributed by atoms with van der Waals surface area (Å²) in [6, 6.07) is 0.346. The fourth-order valence-electron chi connectivity index (χ4n) is 1.74. The quantitative estimate of drug-likeness (QED) is 0.438. The van der Waals surface area contributed by atoms with Crippen molar-refractivity contribution in [3.05, 3.63) is 12.2 Å². The van der Waals surface area contributed by atoms with Crippen molar-refractivity contribution in [1.82, 2.24) is 0 Å². The molecule has 0 heterocycles. The Hall–Kier alpha value is -0.300. The van der Waals surface area contributed by atoms with Crippen molar-refractivity contribution in [3.8, 4) is 0 Å². The van der Waals surface area contributed by atoms with Gasteiger partial charge in [0.15, 0.2) is 0 Å². The Morgan fingerprint density at radius 2 is 1.71 bits per heavy atom. The molecular formula is C13H27N. The molecule has 14 heavy (non-hydrogen) atoms. The van der Waals surface area contributed by atoms with Crippen LogP contribution in [0.2, 0.25) is 0 Å². The van der Waals surface area contributed by atoms with Gasteiger partial charge in [0, 0.05) is 6.04 Å². The van der Waals surface area contributed by atoms with Crippen LogP contribution in [0.1, 0.15) is 65.2 Å². The van der Waals surface area contributed by atoms with E-state index in [1.807, 2.05) is 0 Å². The van der Waals surface area contributed by atoms with Gasteiger partial charge in [-0.1, -0.05) is 51.0 Å². The summed E-state index contributed by atoms with van der Waals surface area (Å²) in [5.41, 5.74) is 7.17. The molecule has 0 aromatic heterocycles. The summed E-state index contributed by atoms with van der Waals surface area (Å²) in [6.07, 6.45) is 10.3. The van der Waals surface area contributed by atoms with E-state index in [4.69, 9.17) is 5.73 Å². The van der Waals surface area contributed by atoms with Crippen molar-refractivity contribution in [1.29, 1.82) is 0 Å². The maximum Gasteiger partial charge on any atom is 0.00758 e. The lowest BCUT2D eigenvalue weighted by atomic mass is 10.0. The standard InChI is InChI=1S/C13H27N/c1-4-5-6-7-8-9-10-13(14)11-12(2)3/h13H,2,4-11,14H2,1,3H3. The number of hydrogen-bond acceptors (Lipinski definition) is 1. The van der Waals surface area contributed by atoms with Crippen LogP contribution in [-0.4, -0.2) is 6.04 Å². The third-order valence-electron chi connectivity index (χ3n) is 2.54. The van der Waals surface area contributed by atoms with Crippen LogP contribution >= 0.6 is 0 Å². The summed E-state index contributed by atoms with van der Waals surface area (Å²) in [5, 5.41) is 0. The van der Waals surface area contributed by atoms with Crippen molar-refractivity contribution in [2.24, 2.45) is 5.73 Å². The predicted octanol–water partition coefficient (Wildman–Crippen LogP) is 4.03. The van der Waals surface area contributed by atoms with Gasteiger partial charge in [-0.25, -0.2) is 0 Å². The minimum atomic E-state index is 0.346. The summed E-state index contributed by atoms with van der Waals surface area (Å²) >= 11 is 0. The van der Waals surface area contributed by atoms with Crippen molar-refractivity contribution in [2.45, 2.75) is 71.3 Å². The molecule has 1 unspecified atom stereocenters. The van der Waals surface area contributed by atoms with E-state index in [0.717, 1.165) is 6.42 Å². The molecule has 0 aromatic carbocycles. The van der Waals surface area contributed by atoms with E-state index in [0.29, 0.717) is 6.04 Å². The highest BCUT2D eigenvalue weighted by molar-refractivity contribution is 4.91. The maximum atomic E-state index is 5.95. The lowest BCUT2D eigenvalue weighted by Gasteiger charge is -2.10. The summed E-state index contributed by atoms with van der Waals surface area (Å²) in [7, 11) is 0. The van der Waals surface area contributed by atoms with Crippen LogP contribution in [-0.2, 0) is 0 Å². The molecule has 0 amide bonds. The summed E-state index contributed by atoms with van der Waals surface area (Å²) in [5.74, 6) is 0. The van der Waals surface area contributed by atoms with Gasteiger partial charge in [-0.3, -0.25) is 0 Å². The van der Waals surface area contributed by atoms with Gasteiger partial charge in [-0.05, 0) is 19.8 Å². The number of hydrogen-bond donors (Lipinski definition) is 1. The molecule has 1 atom stereocenters. The van der Waals surface area contributed by atoms with E-state index in [1.165, 1.54) is 50.5 Å². The fraction of sp³-hybridized carbons (Fsp3) is 0.846. The Balaban J connectivity index is 3.14. The van der Waals surface area contributed by atoms with E-state index >= 15 is 0 Å². The van der Waals surface area contributed by atoms with E-state index in [-0.39, 0.29) is 0 Å². The van der Waals surface area contributed by atoms with E-state index in [2.05, 4.69) is 20.4 Å². The molecule has 0 aliphatic heterocycles. The first-order valence-corrected chi connectivity index (χ1v) is 6.06. The zero-order chi connectivity index (χ0) is 10.8. The number of rotatable bonds is 9. The average Bonchev–Trinajstić information content (AvgIpc) is 2.10. The van der Waals surface area contributed by atoms with Crippen molar-refractivity contribution >= 4 is 0 Å². The second kappa shape index (κ2) is 9.26. The second-order valence-electron chi connectivity index (χ2n) is 4.48. The van der Waals surface area contributed by atoms with Crippen LogP contribution in [0.15, 0.2) is 12.2 Å². The third kappa shape index (κ3) is 9.79. The van der Waals surface area contributed by atoms with Crippen LogP contribution in [0.3, 0.4) is 0 Å². The molecule has 0 saturated heterocycles. The Morgan fingerprint density at radius 1 is 1.14 bits per heavy atom. The van der Waals surface area contributed by atoms with Crippen molar-refractivity contribution < 1.29 is 0 Å². The fourth-order valence-corrected chi connectivity index (χ4v) is 1.74. The summed E-state index contributed by atoms with van der Waals surface area (Å²) in [6.45, 7) is 8.19. The molecule has 1 nitrogen and oxygen atoms in total. The molecule has 0 aromatic rings. The van der Waals surface area contributed by atoms with Gasteiger partial charge in [0.25, 0.3) is 0 Å². The van der Waals surface area contributed by atoms with Gasteiger partial charge in [0.2, 0.25) is 0 Å².